The van der Waals surface area contributed by atoms with Gasteiger partial charge in [0.2, 0.25) is 0 Å². The van der Waals surface area contributed by atoms with E-state index in [2.05, 4.69) is 46.0 Å². The molecular weight excluding hydrogens is 366 g/mol. The van der Waals surface area contributed by atoms with Crippen LogP contribution in [0.1, 0.15) is 33.9 Å². The summed E-state index contributed by atoms with van der Waals surface area (Å²) in [5, 5.41) is 1.16. The second kappa shape index (κ2) is 9.49. The van der Waals surface area contributed by atoms with Crippen LogP contribution in [0.2, 0.25) is 0 Å². The van der Waals surface area contributed by atoms with Gasteiger partial charge in [0, 0.05) is 50.4 Å². The Labute approximate surface area is 173 Å². The summed E-state index contributed by atoms with van der Waals surface area (Å²) in [6.07, 6.45) is 7.19. The van der Waals surface area contributed by atoms with E-state index in [-0.39, 0.29) is 0 Å². The Morgan fingerprint density at radius 3 is 2.71 bits per heavy atom. The van der Waals surface area contributed by atoms with Crippen LogP contribution in [0.3, 0.4) is 0 Å². The molecule has 0 saturated carbocycles. The maximum Gasteiger partial charge on any atom is 0.0897 e. The Kier molecular flexibility index (Phi) is 6.78. The molecule has 1 atom stereocenters. The number of rotatable bonds is 8. The highest BCUT2D eigenvalue weighted by Gasteiger charge is 2.31. The number of aromatic nitrogens is 1. The van der Waals surface area contributed by atoms with E-state index in [0.29, 0.717) is 6.04 Å². The minimum atomic E-state index is 0.705. The molecule has 1 fully saturated rings. The number of benzene rings is 1. The fraction of sp³-hybridized carbons (Fsp3) is 0.609. The lowest BCUT2D eigenvalue weighted by atomic mass is 9.95. The zero-order valence-electron chi connectivity index (χ0n) is 17.3. The highest BCUT2D eigenvalue weighted by molar-refractivity contribution is 7.11. The summed E-state index contributed by atoms with van der Waals surface area (Å²) in [4.78, 5) is 11.2. The standard InChI is InChI=1S/C23H33N3OS/c1-18-24-14-23(28-18)17-25(10-11-27-2)15-19-6-5-9-26(16-19)22-12-20-7-3-4-8-21(20)13-22/h3-4,7-8,14,19,22H,5-6,9-13,15-17H2,1-2H3/t19-/m0/s1. The highest BCUT2D eigenvalue weighted by Crippen LogP contribution is 2.29. The maximum atomic E-state index is 5.38. The number of fused-ring (bicyclic) bond motifs is 1. The van der Waals surface area contributed by atoms with Gasteiger partial charge in [-0.25, -0.2) is 4.98 Å². The molecule has 2 aliphatic rings. The summed E-state index contributed by atoms with van der Waals surface area (Å²) in [6.45, 7) is 8.55. The molecule has 0 bridgehead atoms. The van der Waals surface area contributed by atoms with Crippen molar-refractivity contribution in [2.24, 2.45) is 5.92 Å². The molecule has 1 aliphatic carbocycles. The van der Waals surface area contributed by atoms with Crippen LogP contribution >= 0.6 is 11.3 Å². The number of aryl methyl sites for hydroxylation is 1. The predicted octanol–water partition coefficient (Wildman–Crippen LogP) is 3.78. The molecule has 2 heterocycles. The van der Waals surface area contributed by atoms with E-state index in [1.165, 1.54) is 43.6 Å². The van der Waals surface area contributed by atoms with Gasteiger partial charge < -0.3 is 4.74 Å². The first-order valence-electron chi connectivity index (χ1n) is 10.6. The van der Waals surface area contributed by atoms with Crippen LogP contribution in [0.4, 0.5) is 0 Å². The van der Waals surface area contributed by atoms with Crippen LogP contribution in [0, 0.1) is 12.8 Å². The van der Waals surface area contributed by atoms with Crippen LogP contribution in [0.5, 0.6) is 0 Å². The van der Waals surface area contributed by atoms with Gasteiger partial charge in [-0.15, -0.1) is 11.3 Å². The molecule has 0 unspecified atom stereocenters. The van der Waals surface area contributed by atoms with Crippen LogP contribution in [-0.2, 0) is 24.1 Å². The Hall–Kier alpha value is -1.27. The lowest BCUT2D eigenvalue weighted by molar-refractivity contribution is 0.0847. The van der Waals surface area contributed by atoms with Crippen molar-refractivity contribution in [2.75, 3.05) is 39.9 Å². The molecule has 2 aromatic rings. The fourth-order valence-electron chi connectivity index (χ4n) is 4.89. The van der Waals surface area contributed by atoms with E-state index in [1.807, 2.05) is 17.5 Å². The number of ether oxygens (including phenoxy) is 1. The van der Waals surface area contributed by atoms with Crippen LogP contribution in [0.15, 0.2) is 30.5 Å². The molecule has 4 rings (SSSR count). The smallest absolute Gasteiger partial charge is 0.0897 e. The van der Waals surface area contributed by atoms with Crippen molar-refractivity contribution in [3.8, 4) is 0 Å². The first-order valence-corrected chi connectivity index (χ1v) is 11.5. The number of methoxy groups -OCH3 is 1. The van der Waals surface area contributed by atoms with E-state index >= 15 is 0 Å². The normalized spacial score (nSPS) is 20.8. The number of hydrogen-bond acceptors (Lipinski definition) is 5. The van der Waals surface area contributed by atoms with E-state index < -0.39 is 0 Å². The van der Waals surface area contributed by atoms with Crippen molar-refractivity contribution < 1.29 is 4.74 Å². The van der Waals surface area contributed by atoms with Gasteiger partial charge in [-0.2, -0.15) is 0 Å². The average molecular weight is 400 g/mol. The van der Waals surface area contributed by atoms with E-state index in [9.17, 15) is 0 Å². The SMILES string of the molecule is COCCN(Cc1cnc(C)s1)C[C@@H]1CCCN(C2Cc3ccccc3C2)C1. The second-order valence-electron chi connectivity index (χ2n) is 8.41. The van der Waals surface area contributed by atoms with Gasteiger partial charge in [0.25, 0.3) is 0 Å². The minimum Gasteiger partial charge on any atom is -0.383 e. The number of piperidine rings is 1. The summed E-state index contributed by atoms with van der Waals surface area (Å²) in [7, 11) is 1.80. The molecule has 4 nitrogen and oxygen atoms in total. The van der Waals surface area contributed by atoms with Gasteiger partial charge in [-0.3, -0.25) is 9.80 Å². The summed E-state index contributed by atoms with van der Waals surface area (Å²) in [6, 6.07) is 9.72. The third-order valence-electron chi connectivity index (χ3n) is 6.27. The molecule has 5 heteroatoms. The zero-order valence-corrected chi connectivity index (χ0v) is 18.1. The molecule has 1 saturated heterocycles. The molecule has 28 heavy (non-hydrogen) atoms. The van der Waals surface area contributed by atoms with Crippen LogP contribution in [-0.4, -0.2) is 60.7 Å². The van der Waals surface area contributed by atoms with Gasteiger partial charge >= 0.3 is 0 Å². The molecule has 0 spiro atoms. The minimum absolute atomic E-state index is 0.705. The largest absolute Gasteiger partial charge is 0.383 e. The highest BCUT2D eigenvalue weighted by atomic mass is 32.1. The molecule has 0 N–H and O–H groups in total. The Bertz CT molecular complexity index is 737. The molecular formula is C23H33N3OS. The van der Waals surface area contributed by atoms with Crippen molar-refractivity contribution in [3.63, 3.8) is 0 Å². The van der Waals surface area contributed by atoms with Gasteiger partial charge in [-0.05, 0) is 56.2 Å². The molecule has 1 aromatic heterocycles. The first kappa shape index (κ1) is 20.0. The number of hydrogen-bond donors (Lipinski definition) is 0. The third kappa shape index (κ3) is 5.01. The summed E-state index contributed by atoms with van der Waals surface area (Å²) < 4.78 is 5.38. The number of thiazole rings is 1. The van der Waals surface area contributed by atoms with E-state index in [0.717, 1.165) is 37.2 Å². The zero-order chi connectivity index (χ0) is 19.3. The Morgan fingerprint density at radius 2 is 2.04 bits per heavy atom. The van der Waals surface area contributed by atoms with Gasteiger partial charge in [0.05, 0.1) is 11.6 Å². The van der Waals surface area contributed by atoms with Crippen molar-refractivity contribution in [2.45, 2.75) is 45.2 Å². The molecule has 1 aliphatic heterocycles. The number of likely N-dealkylation sites (tertiary alicyclic amines) is 1. The molecule has 152 valence electrons. The summed E-state index contributed by atoms with van der Waals surface area (Å²) in [5.74, 6) is 0.753. The lowest BCUT2D eigenvalue weighted by Crippen LogP contribution is -2.46. The van der Waals surface area contributed by atoms with Gasteiger partial charge in [0.1, 0.15) is 0 Å². The van der Waals surface area contributed by atoms with Gasteiger partial charge in [-0.1, -0.05) is 24.3 Å². The Balaban J connectivity index is 1.34. The topological polar surface area (TPSA) is 28.6 Å². The van der Waals surface area contributed by atoms with E-state index in [1.54, 1.807) is 18.2 Å². The first-order chi connectivity index (χ1) is 13.7. The molecule has 1 aromatic carbocycles. The maximum absolute atomic E-state index is 5.38. The van der Waals surface area contributed by atoms with Crippen LogP contribution in [0.25, 0.3) is 0 Å². The predicted molar refractivity (Wildman–Crippen MR) is 116 cm³/mol. The van der Waals surface area contributed by atoms with Crippen LogP contribution < -0.4 is 0 Å². The van der Waals surface area contributed by atoms with Crippen molar-refractivity contribution in [3.05, 3.63) is 51.5 Å². The van der Waals surface area contributed by atoms with Crippen molar-refractivity contribution in [1.29, 1.82) is 0 Å². The second-order valence-corrected chi connectivity index (χ2v) is 9.73. The fourth-order valence-corrected chi connectivity index (χ4v) is 5.73. The molecule has 0 amide bonds. The van der Waals surface area contributed by atoms with Crippen molar-refractivity contribution >= 4 is 11.3 Å². The third-order valence-corrected chi connectivity index (χ3v) is 7.17. The molecule has 0 radical (unpaired) electrons. The van der Waals surface area contributed by atoms with Gasteiger partial charge in [0.15, 0.2) is 0 Å². The summed E-state index contributed by atoms with van der Waals surface area (Å²) >= 11 is 1.82. The average Bonchev–Trinajstić information content (AvgIpc) is 3.32. The number of nitrogens with zero attached hydrogens (tertiary/aromatic N) is 3. The summed E-state index contributed by atoms with van der Waals surface area (Å²) in [5.41, 5.74) is 3.13. The lowest BCUT2D eigenvalue weighted by Gasteiger charge is -2.38. The monoisotopic (exact) mass is 399 g/mol. The Morgan fingerprint density at radius 1 is 1.25 bits per heavy atom. The van der Waals surface area contributed by atoms with E-state index in [4.69, 9.17) is 4.74 Å². The quantitative estimate of drug-likeness (QED) is 0.675. The van der Waals surface area contributed by atoms with Crippen molar-refractivity contribution in [1.82, 2.24) is 14.8 Å².